The molecule has 1 nitrogen and oxygen atoms in total. The predicted octanol–water partition coefficient (Wildman–Crippen LogP) is 3.53. The Labute approximate surface area is 101 Å². The molecule has 0 N–H and O–H groups in total. The van der Waals surface area contributed by atoms with Gasteiger partial charge in [-0.3, -0.25) is 0 Å². The number of nitrogens with zero attached hydrogens (tertiary/aromatic N) is 1. The highest BCUT2D eigenvalue weighted by Gasteiger charge is 2.32. The molecule has 0 unspecified atom stereocenters. The van der Waals surface area contributed by atoms with E-state index in [0.29, 0.717) is 16.9 Å². The van der Waals surface area contributed by atoms with Crippen molar-refractivity contribution in [2.75, 3.05) is 20.1 Å². The lowest BCUT2D eigenvalue weighted by Gasteiger charge is -2.17. The highest BCUT2D eigenvalue weighted by atomic mass is 35.5. The lowest BCUT2D eigenvalue weighted by Crippen LogP contribution is -2.13. The molecule has 2 atom stereocenters. The number of rotatable bonds is 2. The highest BCUT2D eigenvalue weighted by Crippen LogP contribution is 2.35. The van der Waals surface area contributed by atoms with E-state index in [1.807, 2.05) is 6.07 Å². The van der Waals surface area contributed by atoms with E-state index in [1.54, 1.807) is 6.07 Å². The molecule has 1 aromatic carbocycles. The monoisotopic (exact) mass is 241 g/mol. The Balaban J connectivity index is 2.29. The average molecular weight is 242 g/mol. The van der Waals surface area contributed by atoms with Crippen LogP contribution in [0.15, 0.2) is 18.2 Å². The molecule has 0 saturated carbocycles. The molecule has 2 rings (SSSR count). The van der Waals surface area contributed by atoms with Crippen LogP contribution in [0.5, 0.6) is 0 Å². The third-order valence-corrected chi connectivity index (χ3v) is 3.75. The molecule has 0 radical (unpaired) electrons. The number of hydrogen-bond acceptors (Lipinski definition) is 1. The summed E-state index contributed by atoms with van der Waals surface area (Å²) in [5, 5.41) is 0.473. The molecule has 1 saturated heterocycles. The van der Waals surface area contributed by atoms with Gasteiger partial charge in [-0.25, -0.2) is 4.39 Å². The second-order valence-electron chi connectivity index (χ2n) is 4.66. The van der Waals surface area contributed by atoms with Crippen molar-refractivity contribution in [1.82, 2.24) is 4.90 Å². The van der Waals surface area contributed by atoms with Crippen LogP contribution in [0.2, 0.25) is 5.02 Å². The van der Waals surface area contributed by atoms with E-state index in [1.165, 1.54) is 6.07 Å². The third kappa shape index (κ3) is 2.23. The molecule has 16 heavy (non-hydrogen) atoms. The fourth-order valence-electron chi connectivity index (χ4n) is 2.66. The van der Waals surface area contributed by atoms with Gasteiger partial charge in [-0.2, -0.15) is 0 Å². The molecule has 0 aromatic heterocycles. The number of benzene rings is 1. The van der Waals surface area contributed by atoms with E-state index in [2.05, 4.69) is 18.9 Å². The second kappa shape index (κ2) is 4.72. The molecule has 1 aliphatic heterocycles. The zero-order chi connectivity index (χ0) is 11.7. The molecule has 0 aliphatic carbocycles. The molecule has 1 heterocycles. The quantitative estimate of drug-likeness (QED) is 0.766. The Morgan fingerprint density at radius 3 is 2.81 bits per heavy atom. The van der Waals surface area contributed by atoms with E-state index in [9.17, 15) is 4.39 Å². The zero-order valence-corrected chi connectivity index (χ0v) is 10.5. The molecular formula is C13H17ClFN. The molecule has 88 valence electrons. The fraction of sp³-hybridized carbons (Fsp3) is 0.538. The van der Waals surface area contributed by atoms with Gasteiger partial charge in [0.25, 0.3) is 0 Å². The Kier molecular flexibility index (Phi) is 3.50. The van der Waals surface area contributed by atoms with Gasteiger partial charge in [0.05, 0.1) is 0 Å². The van der Waals surface area contributed by atoms with Crippen molar-refractivity contribution in [3.05, 3.63) is 34.6 Å². The zero-order valence-electron chi connectivity index (χ0n) is 9.71. The van der Waals surface area contributed by atoms with Gasteiger partial charge in [0.2, 0.25) is 0 Å². The summed E-state index contributed by atoms with van der Waals surface area (Å²) in [5.41, 5.74) is 0.820. The van der Waals surface area contributed by atoms with Crippen molar-refractivity contribution in [2.45, 2.75) is 19.3 Å². The Hall–Kier alpha value is -0.600. The summed E-state index contributed by atoms with van der Waals surface area (Å²) in [6.07, 6.45) is 1.09. The van der Waals surface area contributed by atoms with Gasteiger partial charge in [-0.05, 0) is 30.7 Å². The maximum Gasteiger partial charge on any atom is 0.128 e. The summed E-state index contributed by atoms with van der Waals surface area (Å²) >= 11 is 5.77. The van der Waals surface area contributed by atoms with Crippen molar-refractivity contribution in [3.63, 3.8) is 0 Å². The lowest BCUT2D eigenvalue weighted by molar-refractivity contribution is 0.392. The number of likely N-dealkylation sites (tertiary alicyclic amines) is 1. The maximum absolute atomic E-state index is 13.8. The van der Waals surface area contributed by atoms with Gasteiger partial charge in [-0.1, -0.05) is 31.0 Å². The first-order valence-electron chi connectivity index (χ1n) is 5.75. The Bertz CT molecular complexity index is 380. The summed E-state index contributed by atoms with van der Waals surface area (Å²) in [4.78, 5) is 2.27. The van der Waals surface area contributed by atoms with Gasteiger partial charge in [0, 0.05) is 24.0 Å². The van der Waals surface area contributed by atoms with E-state index in [-0.39, 0.29) is 5.82 Å². The van der Waals surface area contributed by atoms with E-state index in [4.69, 9.17) is 11.6 Å². The van der Waals surface area contributed by atoms with Crippen molar-refractivity contribution >= 4 is 11.6 Å². The fourth-order valence-corrected chi connectivity index (χ4v) is 2.81. The average Bonchev–Trinajstić information content (AvgIpc) is 2.59. The molecule has 1 fully saturated rings. The third-order valence-electron chi connectivity index (χ3n) is 3.51. The number of halogens is 2. The van der Waals surface area contributed by atoms with E-state index < -0.39 is 0 Å². The highest BCUT2D eigenvalue weighted by molar-refractivity contribution is 6.30. The minimum atomic E-state index is -0.161. The minimum absolute atomic E-state index is 0.161. The van der Waals surface area contributed by atoms with Gasteiger partial charge in [0.1, 0.15) is 5.82 Å². The van der Waals surface area contributed by atoms with Crippen molar-refractivity contribution in [1.29, 1.82) is 0 Å². The number of likely N-dealkylation sites (N-methyl/N-ethyl adjacent to an activating group) is 1. The van der Waals surface area contributed by atoms with Crippen LogP contribution in [0.4, 0.5) is 4.39 Å². The summed E-state index contributed by atoms with van der Waals surface area (Å²) in [6, 6.07) is 5.04. The predicted molar refractivity (Wildman–Crippen MR) is 65.4 cm³/mol. The van der Waals surface area contributed by atoms with E-state index >= 15 is 0 Å². The molecular weight excluding hydrogens is 225 g/mol. The molecule has 0 spiro atoms. The van der Waals surface area contributed by atoms with Crippen molar-refractivity contribution in [3.8, 4) is 0 Å². The molecule has 3 heteroatoms. The lowest BCUT2D eigenvalue weighted by atomic mass is 9.87. The second-order valence-corrected chi connectivity index (χ2v) is 5.10. The standard InChI is InChI=1S/C13H17ClFN/c1-3-9-7-16(2)8-12(9)11-5-4-10(14)6-13(11)15/h4-6,9,12H,3,7-8H2,1-2H3/t9-,12-/m1/s1. The first-order valence-corrected chi connectivity index (χ1v) is 6.13. The maximum atomic E-state index is 13.8. The van der Waals surface area contributed by atoms with Crippen molar-refractivity contribution in [2.24, 2.45) is 5.92 Å². The normalized spacial score (nSPS) is 26.2. The van der Waals surface area contributed by atoms with Crippen LogP contribution in [0, 0.1) is 11.7 Å². The van der Waals surface area contributed by atoms with Gasteiger partial charge >= 0.3 is 0 Å². The summed E-state index contributed by atoms with van der Waals surface area (Å²) < 4.78 is 13.8. The van der Waals surface area contributed by atoms with Crippen LogP contribution in [0.3, 0.4) is 0 Å². The summed E-state index contributed by atoms with van der Waals surface area (Å²) in [7, 11) is 2.09. The van der Waals surface area contributed by atoms with Crippen LogP contribution in [0.25, 0.3) is 0 Å². The van der Waals surface area contributed by atoms with Crippen molar-refractivity contribution < 1.29 is 4.39 Å². The van der Waals surface area contributed by atoms with Gasteiger partial charge < -0.3 is 4.90 Å². The van der Waals surface area contributed by atoms with Gasteiger partial charge in [-0.15, -0.1) is 0 Å². The first-order chi connectivity index (χ1) is 7.61. The van der Waals surface area contributed by atoms with Crippen LogP contribution >= 0.6 is 11.6 Å². The summed E-state index contributed by atoms with van der Waals surface area (Å²) in [6.45, 7) is 4.17. The van der Waals surface area contributed by atoms with Crippen LogP contribution in [-0.4, -0.2) is 25.0 Å². The number of hydrogen-bond donors (Lipinski definition) is 0. The van der Waals surface area contributed by atoms with Crippen LogP contribution < -0.4 is 0 Å². The molecule has 0 amide bonds. The Morgan fingerprint density at radius 1 is 1.44 bits per heavy atom. The first kappa shape index (κ1) is 11.9. The minimum Gasteiger partial charge on any atom is -0.305 e. The smallest absolute Gasteiger partial charge is 0.128 e. The van der Waals surface area contributed by atoms with Gasteiger partial charge in [0.15, 0.2) is 0 Å². The Morgan fingerprint density at radius 2 is 2.19 bits per heavy atom. The molecule has 1 aromatic rings. The van der Waals surface area contributed by atoms with Crippen LogP contribution in [0.1, 0.15) is 24.8 Å². The molecule has 0 bridgehead atoms. The van der Waals surface area contributed by atoms with Crippen LogP contribution in [-0.2, 0) is 0 Å². The van der Waals surface area contributed by atoms with E-state index in [0.717, 1.165) is 25.1 Å². The topological polar surface area (TPSA) is 3.24 Å². The SMILES string of the molecule is CC[C@@H]1CN(C)C[C@H]1c1ccc(Cl)cc1F. The molecule has 1 aliphatic rings. The summed E-state index contributed by atoms with van der Waals surface area (Å²) in [5.74, 6) is 0.708. The largest absolute Gasteiger partial charge is 0.305 e.